The van der Waals surface area contributed by atoms with E-state index < -0.39 is 0 Å². The molecule has 0 fully saturated rings. The molecule has 0 bridgehead atoms. The van der Waals surface area contributed by atoms with Crippen LogP contribution in [0, 0.1) is 0 Å². The Morgan fingerprint density at radius 3 is 2.76 bits per heavy atom. The highest BCUT2D eigenvalue weighted by Gasteiger charge is 2.20. The summed E-state index contributed by atoms with van der Waals surface area (Å²) in [4.78, 5) is 4.41. The third-order valence-electron chi connectivity index (χ3n) is 3.67. The molecule has 2 aromatic rings. The zero-order valence-electron chi connectivity index (χ0n) is 13.5. The van der Waals surface area contributed by atoms with E-state index in [1.807, 2.05) is 16.4 Å². The Morgan fingerprint density at radius 2 is 2.10 bits per heavy atom. The molecule has 21 heavy (non-hydrogen) atoms. The van der Waals surface area contributed by atoms with Crippen molar-refractivity contribution in [1.29, 1.82) is 0 Å². The van der Waals surface area contributed by atoms with Crippen LogP contribution in [0.3, 0.4) is 0 Å². The number of hydrogen-bond donors (Lipinski definition) is 1. The van der Waals surface area contributed by atoms with Crippen LogP contribution in [0.15, 0.2) is 12.5 Å². The van der Waals surface area contributed by atoms with Crippen molar-refractivity contribution in [3.63, 3.8) is 0 Å². The molecule has 0 aliphatic rings. The molecular weight excluding hydrogens is 264 g/mol. The number of aromatic nitrogens is 5. The first kappa shape index (κ1) is 15.7. The highest BCUT2D eigenvalue weighted by atomic mass is 15.3. The fourth-order valence-corrected chi connectivity index (χ4v) is 2.62. The highest BCUT2D eigenvalue weighted by molar-refractivity contribution is 5.22. The third kappa shape index (κ3) is 3.69. The maximum Gasteiger partial charge on any atom is 0.138 e. The molecule has 0 saturated carbocycles. The number of nitrogens with one attached hydrogen (secondary N) is 1. The molecule has 1 atom stereocenters. The van der Waals surface area contributed by atoms with Crippen LogP contribution in [-0.4, -0.2) is 31.1 Å². The number of aryl methyl sites for hydroxylation is 3. The van der Waals surface area contributed by atoms with Crippen molar-refractivity contribution in [1.82, 2.24) is 29.9 Å². The number of rotatable bonds is 8. The molecule has 0 aromatic carbocycles. The van der Waals surface area contributed by atoms with Crippen LogP contribution in [0.2, 0.25) is 0 Å². The lowest BCUT2D eigenvalue weighted by Gasteiger charge is -2.18. The quantitative estimate of drug-likeness (QED) is 0.806. The average molecular weight is 290 g/mol. The maximum absolute atomic E-state index is 4.56. The Labute approximate surface area is 126 Å². The number of hydrogen-bond acceptors (Lipinski definition) is 4. The summed E-state index contributed by atoms with van der Waals surface area (Å²) in [5, 5.41) is 12.5. The minimum Gasteiger partial charge on any atom is -0.309 e. The van der Waals surface area contributed by atoms with Crippen LogP contribution >= 0.6 is 0 Å². The third-order valence-corrected chi connectivity index (χ3v) is 3.67. The Hall–Kier alpha value is -1.69. The Bertz CT molecular complexity index is 556. The van der Waals surface area contributed by atoms with Crippen molar-refractivity contribution >= 4 is 0 Å². The van der Waals surface area contributed by atoms with Crippen molar-refractivity contribution in [3.05, 3.63) is 29.6 Å². The Kier molecular flexibility index (Phi) is 5.50. The molecule has 6 nitrogen and oxygen atoms in total. The van der Waals surface area contributed by atoms with Crippen LogP contribution in [0.4, 0.5) is 0 Å². The molecule has 1 N–H and O–H groups in total. The summed E-state index contributed by atoms with van der Waals surface area (Å²) >= 11 is 0. The fourth-order valence-electron chi connectivity index (χ4n) is 2.62. The van der Waals surface area contributed by atoms with Gasteiger partial charge < -0.3 is 5.32 Å². The SMILES string of the molecule is CCCNC(Cc1ncnn1CC)c1cn(C)nc1CC. The van der Waals surface area contributed by atoms with E-state index in [2.05, 4.69) is 47.5 Å². The van der Waals surface area contributed by atoms with E-state index >= 15 is 0 Å². The van der Waals surface area contributed by atoms with Crippen molar-refractivity contribution in [2.24, 2.45) is 7.05 Å². The molecule has 0 aliphatic carbocycles. The van der Waals surface area contributed by atoms with Gasteiger partial charge in [-0.15, -0.1) is 0 Å². The topological polar surface area (TPSA) is 60.6 Å². The summed E-state index contributed by atoms with van der Waals surface area (Å²) in [7, 11) is 1.98. The van der Waals surface area contributed by atoms with Gasteiger partial charge in [0.25, 0.3) is 0 Å². The lowest BCUT2D eigenvalue weighted by molar-refractivity contribution is 0.494. The zero-order valence-corrected chi connectivity index (χ0v) is 13.5. The van der Waals surface area contributed by atoms with E-state index in [0.29, 0.717) is 0 Å². The standard InChI is InChI=1S/C15H26N6/c1-5-8-16-14(9-15-17-11-18-21(15)7-3)12-10-20(4)19-13(12)6-2/h10-11,14,16H,5-9H2,1-4H3. The first-order valence-electron chi connectivity index (χ1n) is 7.82. The van der Waals surface area contributed by atoms with E-state index in [1.165, 1.54) is 5.56 Å². The second kappa shape index (κ2) is 7.36. The smallest absolute Gasteiger partial charge is 0.138 e. The van der Waals surface area contributed by atoms with E-state index in [4.69, 9.17) is 0 Å². The van der Waals surface area contributed by atoms with Gasteiger partial charge in [-0.05, 0) is 26.3 Å². The molecule has 2 heterocycles. The average Bonchev–Trinajstić information content (AvgIpc) is 3.08. The molecule has 116 valence electrons. The summed E-state index contributed by atoms with van der Waals surface area (Å²) in [6, 6.07) is 0.239. The van der Waals surface area contributed by atoms with Crippen molar-refractivity contribution in [2.45, 2.75) is 52.6 Å². The molecule has 2 rings (SSSR count). The van der Waals surface area contributed by atoms with Gasteiger partial charge in [0.1, 0.15) is 12.2 Å². The van der Waals surface area contributed by atoms with Crippen molar-refractivity contribution in [2.75, 3.05) is 6.54 Å². The van der Waals surface area contributed by atoms with Gasteiger partial charge in [0.2, 0.25) is 0 Å². The summed E-state index contributed by atoms with van der Waals surface area (Å²) in [5.41, 5.74) is 2.44. The van der Waals surface area contributed by atoms with Crippen LogP contribution in [0.25, 0.3) is 0 Å². The second-order valence-electron chi connectivity index (χ2n) is 5.26. The lowest BCUT2D eigenvalue weighted by atomic mass is 10.0. The zero-order chi connectivity index (χ0) is 15.2. The normalized spacial score (nSPS) is 12.8. The molecule has 0 aliphatic heterocycles. The summed E-state index contributed by atoms with van der Waals surface area (Å²) < 4.78 is 3.86. The summed E-state index contributed by atoms with van der Waals surface area (Å²) in [5.74, 6) is 1.03. The van der Waals surface area contributed by atoms with E-state index in [9.17, 15) is 0 Å². The predicted octanol–water partition coefficient (Wildman–Crippen LogP) is 1.88. The summed E-state index contributed by atoms with van der Waals surface area (Å²) in [6.45, 7) is 8.26. The Morgan fingerprint density at radius 1 is 1.29 bits per heavy atom. The molecule has 0 saturated heterocycles. The van der Waals surface area contributed by atoms with Crippen LogP contribution in [-0.2, 0) is 26.4 Å². The minimum atomic E-state index is 0.239. The second-order valence-corrected chi connectivity index (χ2v) is 5.26. The molecule has 6 heteroatoms. The molecular formula is C15H26N6. The van der Waals surface area contributed by atoms with Crippen LogP contribution in [0.5, 0.6) is 0 Å². The molecule has 0 radical (unpaired) electrons. The first-order valence-corrected chi connectivity index (χ1v) is 7.82. The first-order chi connectivity index (χ1) is 10.2. The van der Waals surface area contributed by atoms with E-state index in [-0.39, 0.29) is 6.04 Å². The van der Waals surface area contributed by atoms with Crippen LogP contribution < -0.4 is 5.32 Å². The maximum atomic E-state index is 4.56. The van der Waals surface area contributed by atoms with E-state index in [1.54, 1.807) is 6.33 Å². The predicted molar refractivity (Wildman–Crippen MR) is 83.0 cm³/mol. The molecule has 0 spiro atoms. The van der Waals surface area contributed by atoms with Gasteiger partial charge in [0, 0.05) is 37.8 Å². The number of nitrogens with zero attached hydrogens (tertiary/aromatic N) is 5. The molecule has 2 aromatic heterocycles. The molecule has 1 unspecified atom stereocenters. The minimum absolute atomic E-state index is 0.239. The van der Waals surface area contributed by atoms with E-state index in [0.717, 1.165) is 43.9 Å². The summed E-state index contributed by atoms with van der Waals surface area (Å²) in [6.07, 6.45) is 6.66. The monoisotopic (exact) mass is 290 g/mol. The molecule has 0 amide bonds. The van der Waals surface area contributed by atoms with Gasteiger partial charge in [-0.25, -0.2) is 4.98 Å². The van der Waals surface area contributed by atoms with Gasteiger partial charge in [0.15, 0.2) is 0 Å². The largest absolute Gasteiger partial charge is 0.309 e. The van der Waals surface area contributed by atoms with Crippen molar-refractivity contribution in [3.8, 4) is 0 Å². The van der Waals surface area contributed by atoms with Gasteiger partial charge in [-0.2, -0.15) is 10.2 Å². The van der Waals surface area contributed by atoms with Gasteiger partial charge >= 0.3 is 0 Å². The van der Waals surface area contributed by atoms with Crippen molar-refractivity contribution < 1.29 is 0 Å². The van der Waals surface area contributed by atoms with Gasteiger partial charge in [-0.1, -0.05) is 13.8 Å². The van der Waals surface area contributed by atoms with Crippen LogP contribution in [0.1, 0.15) is 50.3 Å². The Balaban J connectivity index is 2.25. The highest BCUT2D eigenvalue weighted by Crippen LogP contribution is 2.21. The lowest BCUT2D eigenvalue weighted by Crippen LogP contribution is -2.26. The van der Waals surface area contributed by atoms with Gasteiger partial charge in [0.05, 0.1) is 5.69 Å². The fraction of sp³-hybridized carbons (Fsp3) is 0.667. The van der Waals surface area contributed by atoms with Gasteiger partial charge in [-0.3, -0.25) is 9.36 Å².